The molecule has 17 heteroatoms. The number of hydrogen-bond donors (Lipinski definition) is 2. The zero-order chi connectivity index (χ0) is 27.8. The SMILES string of the molecule is COc1cc(CC(F)(F)F)c(-c2nc(NCc3nccnc3N(C)S(C)(=O)=O)c3c(I)n[nH]c3n2)cc1F. The number of fused-ring (bicyclic) bond motifs is 1. The van der Waals surface area contributed by atoms with E-state index < -0.39 is 28.4 Å². The fourth-order valence-electron chi connectivity index (χ4n) is 3.54. The third kappa shape index (κ3) is 5.87. The van der Waals surface area contributed by atoms with Gasteiger partial charge in [0.2, 0.25) is 10.0 Å². The number of nitrogens with zero attached hydrogens (tertiary/aromatic N) is 6. The summed E-state index contributed by atoms with van der Waals surface area (Å²) in [7, 11) is -1.17. The van der Waals surface area contributed by atoms with Gasteiger partial charge in [0.1, 0.15) is 15.2 Å². The summed E-state index contributed by atoms with van der Waals surface area (Å²) in [6.07, 6.45) is -2.24. The number of aromatic nitrogens is 6. The highest BCUT2D eigenvalue weighted by Gasteiger charge is 2.31. The number of anilines is 2. The Morgan fingerprint density at radius 3 is 2.55 bits per heavy atom. The molecule has 0 amide bonds. The molecule has 0 aliphatic heterocycles. The van der Waals surface area contributed by atoms with Crippen LogP contribution in [-0.4, -0.2) is 65.1 Å². The van der Waals surface area contributed by atoms with E-state index in [-0.39, 0.29) is 52.2 Å². The Kier molecular flexibility index (Phi) is 7.60. The van der Waals surface area contributed by atoms with E-state index in [9.17, 15) is 26.0 Å². The van der Waals surface area contributed by atoms with E-state index in [0.717, 1.165) is 29.8 Å². The number of methoxy groups -OCH3 is 1. The molecule has 3 heterocycles. The molecule has 4 rings (SSSR count). The minimum atomic E-state index is -4.60. The van der Waals surface area contributed by atoms with Gasteiger partial charge in [-0.15, -0.1) is 0 Å². The summed E-state index contributed by atoms with van der Waals surface area (Å²) in [5.41, 5.74) is -0.0439. The lowest BCUT2D eigenvalue weighted by Crippen LogP contribution is -2.27. The second-order valence-corrected chi connectivity index (χ2v) is 11.0. The Hall–Kier alpha value is -3.35. The zero-order valence-corrected chi connectivity index (χ0v) is 22.9. The predicted octanol–water partition coefficient (Wildman–Crippen LogP) is 3.67. The smallest absolute Gasteiger partial charge is 0.393 e. The van der Waals surface area contributed by atoms with Gasteiger partial charge in [0.05, 0.1) is 31.7 Å². The van der Waals surface area contributed by atoms with Crippen LogP contribution in [0.25, 0.3) is 22.4 Å². The molecule has 11 nitrogen and oxygen atoms in total. The Labute approximate surface area is 227 Å². The lowest BCUT2D eigenvalue weighted by molar-refractivity contribution is -0.127. The van der Waals surface area contributed by atoms with Gasteiger partial charge in [-0.2, -0.15) is 18.3 Å². The highest BCUT2D eigenvalue weighted by Crippen LogP contribution is 2.35. The summed E-state index contributed by atoms with van der Waals surface area (Å²) in [5, 5.41) is 10.2. The molecule has 0 aliphatic rings. The standard InChI is InChI=1S/C21H19F4IN8O3S/c1-34(38(3,35)36)20-13(27-4-5-28-20)9-29-18-15-16(26)32-33-19(15)31-17(30-18)11-7-12(22)14(37-2)6-10(11)8-21(23,24)25/h4-7H,8-9H2,1-3H3,(H2,29,30,31,32,33). The Balaban J connectivity index is 1.81. The number of alkyl halides is 3. The first kappa shape index (κ1) is 27.7. The minimum Gasteiger partial charge on any atom is -0.494 e. The van der Waals surface area contributed by atoms with Gasteiger partial charge in [0.15, 0.2) is 28.9 Å². The number of rotatable bonds is 8. The molecule has 0 bridgehead atoms. The molecule has 0 fully saturated rings. The minimum absolute atomic E-state index is 0.0672. The van der Waals surface area contributed by atoms with Gasteiger partial charge >= 0.3 is 6.18 Å². The van der Waals surface area contributed by atoms with Crippen LogP contribution in [0, 0.1) is 9.52 Å². The zero-order valence-electron chi connectivity index (χ0n) is 19.9. The number of nitrogens with one attached hydrogen (secondary N) is 2. The molecule has 0 saturated carbocycles. The van der Waals surface area contributed by atoms with Crippen molar-refractivity contribution in [1.29, 1.82) is 0 Å². The second kappa shape index (κ2) is 10.4. The molecule has 0 unspecified atom stereocenters. The van der Waals surface area contributed by atoms with Gasteiger partial charge in [-0.05, 0) is 40.3 Å². The molecule has 4 aromatic rings. The Morgan fingerprint density at radius 1 is 1.18 bits per heavy atom. The molecule has 202 valence electrons. The maximum atomic E-state index is 14.6. The Morgan fingerprint density at radius 2 is 1.89 bits per heavy atom. The van der Waals surface area contributed by atoms with Crippen LogP contribution >= 0.6 is 22.6 Å². The van der Waals surface area contributed by atoms with Crippen molar-refractivity contribution in [3.8, 4) is 17.1 Å². The largest absolute Gasteiger partial charge is 0.494 e. The van der Waals surface area contributed by atoms with Crippen LogP contribution in [-0.2, 0) is 23.0 Å². The third-order valence-corrected chi connectivity index (χ3v) is 7.30. The topological polar surface area (TPSA) is 139 Å². The molecule has 0 spiro atoms. The maximum absolute atomic E-state index is 14.6. The first-order valence-corrected chi connectivity index (χ1v) is 13.5. The number of halogens is 5. The normalized spacial score (nSPS) is 12.1. The summed E-state index contributed by atoms with van der Waals surface area (Å²) in [4.78, 5) is 17.0. The highest BCUT2D eigenvalue weighted by atomic mass is 127. The van der Waals surface area contributed by atoms with Crippen molar-refractivity contribution in [3.63, 3.8) is 0 Å². The van der Waals surface area contributed by atoms with Crippen molar-refractivity contribution in [2.24, 2.45) is 0 Å². The number of hydrogen-bond acceptors (Lipinski definition) is 9. The summed E-state index contributed by atoms with van der Waals surface area (Å²) >= 11 is 1.92. The number of ether oxygens (including phenoxy) is 1. The van der Waals surface area contributed by atoms with E-state index in [1.165, 1.54) is 19.4 Å². The van der Waals surface area contributed by atoms with E-state index in [0.29, 0.717) is 9.09 Å². The van der Waals surface area contributed by atoms with Gasteiger partial charge in [-0.25, -0.2) is 27.8 Å². The van der Waals surface area contributed by atoms with Crippen molar-refractivity contribution < 1.29 is 30.7 Å². The molecule has 38 heavy (non-hydrogen) atoms. The van der Waals surface area contributed by atoms with Gasteiger partial charge in [0.25, 0.3) is 0 Å². The monoisotopic (exact) mass is 666 g/mol. The lowest BCUT2D eigenvalue weighted by Gasteiger charge is -2.18. The predicted molar refractivity (Wildman–Crippen MR) is 139 cm³/mol. The van der Waals surface area contributed by atoms with Crippen molar-refractivity contribution >= 4 is 55.3 Å². The van der Waals surface area contributed by atoms with Gasteiger partial charge in [-0.1, -0.05) is 0 Å². The van der Waals surface area contributed by atoms with Crippen LogP contribution in [0.1, 0.15) is 11.3 Å². The van der Waals surface area contributed by atoms with E-state index in [1.54, 1.807) is 0 Å². The molecule has 0 saturated heterocycles. The van der Waals surface area contributed by atoms with Crippen molar-refractivity contribution in [1.82, 2.24) is 30.1 Å². The van der Waals surface area contributed by atoms with Crippen LogP contribution in [0.3, 0.4) is 0 Å². The van der Waals surface area contributed by atoms with Crippen LogP contribution in [0.4, 0.5) is 29.2 Å². The first-order valence-electron chi connectivity index (χ1n) is 10.6. The number of H-pyrrole nitrogens is 1. The summed E-state index contributed by atoms with van der Waals surface area (Å²) in [5.74, 6) is -1.23. The van der Waals surface area contributed by atoms with Crippen molar-refractivity contribution in [2.45, 2.75) is 19.1 Å². The molecule has 1 aromatic carbocycles. The van der Waals surface area contributed by atoms with Crippen molar-refractivity contribution in [3.05, 3.63) is 45.3 Å². The molecule has 2 N–H and O–H groups in total. The molecule has 0 atom stereocenters. The average molecular weight is 666 g/mol. The fraction of sp³-hybridized carbons (Fsp3) is 0.286. The lowest BCUT2D eigenvalue weighted by atomic mass is 10.0. The van der Waals surface area contributed by atoms with Gasteiger partial charge < -0.3 is 10.1 Å². The second-order valence-electron chi connectivity index (χ2n) is 7.98. The number of aromatic amines is 1. The van der Waals surface area contributed by atoms with Crippen LogP contribution in [0.15, 0.2) is 24.5 Å². The fourth-order valence-corrected chi connectivity index (χ4v) is 4.64. The van der Waals surface area contributed by atoms with Crippen LogP contribution in [0.5, 0.6) is 5.75 Å². The van der Waals surface area contributed by atoms with Gasteiger partial charge in [-0.3, -0.25) is 14.4 Å². The van der Waals surface area contributed by atoms with E-state index >= 15 is 0 Å². The van der Waals surface area contributed by atoms with E-state index in [2.05, 4.69) is 35.5 Å². The maximum Gasteiger partial charge on any atom is 0.393 e. The molecule has 0 radical (unpaired) electrons. The molecule has 3 aromatic heterocycles. The first-order chi connectivity index (χ1) is 17.8. The average Bonchev–Trinajstić information content (AvgIpc) is 3.22. The van der Waals surface area contributed by atoms with E-state index in [1.807, 2.05) is 22.6 Å². The van der Waals surface area contributed by atoms with Gasteiger partial charge in [0, 0.05) is 25.0 Å². The molecule has 0 aliphatic carbocycles. The summed E-state index contributed by atoms with van der Waals surface area (Å²) in [6.45, 7) is -0.0672. The quantitative estimate of drug-likeness (QED) is 0.213. The summed E-state index contributed by atoms with van der Waals surface area (Å²) < 4.78 is 84.9. The number of sulfonamides is 1. The molecular weight excluding hydrogens is 647 g/mol. The molecular formula is C21H19F4IN8O3S. The van der Waals surface area contributed by atoms with Crippen LogP contribution < -0.4 is 14.4 Å². The highest BCUT2D eigenvalue weighted by molar-refractivity contribution is 14.1. The van der Waals surface area contributed by atoms with Crippen LogP contribution in [0.2, 0.25) is 0 Å². The van der Waals surface area contributed by atoms with Crippen molar-refractivity contribution in [2.75, 3.05) is 30.0 Å². The van der Waals surface area contributed by atoms with E-state index in [4.69, 9.17) is 4.74 Å². The summed E-state index contributed by atoms with van der Waals surface area (Å²) in [6, 6.07) is 1.84. The third-order valence-electron chi connectivity index (χ3n) is 5.36. The number of benzene rings is 1. The Bertz CT molecular complexity index is 1610.